The summed E-state index contributed by atoms with van der Waals surface area (Å²) in [7, 11) is 1.88. The van der Waals surface area contributed by atoms with Gasteiger partial charge in [0.2, 0.25) is 0 Å². The van der Waals surface area contributed by atoms with Crippen LogP contribution < -0.4 is 10.6 Å². The highest BCUT2D eigenvalue weighted by molar-refractivity contribution is 5.79. The molecule has 2 aliphatic rings. The average molecular weight is 352 g/mol. The van der Waals surface area contributed by atoms with E-state index in [0.29, 0.717) is 6.04 Å². The third kappa shape index (κ3) is 8.41. The molecule has 2 fully saturated rings. The first-order chi connectivity index (χ1) is 12.2. The molecule has 0 spiro atoms. The van der Waals surface area contributed by atoms with Gasteiger partial charge in [-0.25, -0.2) is 0 Å². The zero-order chi connectivity index (χ0) is 18.1. The van der Waals surface area contributed by atoms with Crippen LogP contribution in [0.4, 0.5) is 0 Å². The van der Waals surface area contributed by atoms with E-state index in [1.807, 2.05) is 7.05 Å². The predicted molar refractivity (Wildman–Crippen MR) is 108 cm³/mol. The Bertz CT molecular complexity index is 386. The molecular weight excluding hydrogens is 310 g/mol. The minimum absolute atomic E-state index is 0.466. The van der Waals surface area contributed by atoms with Gasteiger partial charge in [-0.3, -0.25) is 9.89 Å². The van der Waals surface area contributed by atoms with Crippen LogP contribution in [-0.4, -0.2) is 74.2 Å². The number of aliphatic imine (C=N–C) groups is 1. The van der Waals surface area contributed by atoms with E-state index in [1.54, 1.807) is 0 Å². The molecule has 0 aromatic rings. The lowest BCUT2D eigenvalue weighted by atomic mass is 10.2. The van der Waals surface area contributed by atoms with E-state index in [1.165, 1.54) is 51.6 Å². The van der Waals surface area contributed by atoms with Gasteiger partial charge in [-0.15, -0.1) is 0 Å². The Labute approximate surface area is 155 Å². The zero-order valence-electron chi connectivity index (χ0n) is 17.1. The number of rotatable bonds is 13. The van der Waals surface area contributed by atoms with Crippen LogP contribution in [0, 0.1) is 5.92 Å². The summed E-state index contributed by atoms with van der Waals surface area (Å²) in [5, 5.41) is 7.07. The lowest BCUT2D eigenvalue weighted by Crippen LogP contribution is -2.45. The second-order valence-electron chi connectivity index (χ2n) is 7.88. The van der Waals surface area contributed by atoms with Crippen LogP contribution in [-0.2, 0) is 0 Å². The number of hydrogen-bond donors (Lipinski definition) is 2. The maximum atomic E-state index is 4.40. The molecule has 5 nitrogen and oxygen atoms in total. The van der Waals surface area contributed by atoms with Gasteiger partial charge in [-0.05, 0) is 71.0 Å². The van der Waals surface area contributed by atoms with Crippen molar-refractivity contribution in [3.63, 3.8) is 0 Å². The molecule has 0 aliphatic heterocycles. The molecule has 2 aliphatic carbocycles. The first-order valence-corrected chi connectivity index (χ1v) is 10.6. The molecule has 0 radical (unpaired) electrons. The Hall–Kier alpha value is -0.810. The molecule has 2 saturated carbocycles. The largest absolute Gasteiger partial charge is 0.355 e. The Kier molecular flexibility index (Phi) is 9.04. The molecule has 0 amide bonds. The van der Waals surface area contributed by atoms with Crippen molar-refractivity contribution in [2.75, 3.05) is 46.3 Å². The van der Waals surface area contributed by atoms with Gasteiger partial charge in [0.05, 0.1) is 0 Å². The second kappa shape index (κ2) is 11.0. The van der Waals surface area contributed by atoms with Gasteiger partial charge in [0.25, 0.3) is 0 Å². The number of guanidine groups is 1. The fourth-order valence-corrected chi connectivity index (χ4v) is 3.47. The van der Waals surface area contributed by atoms with Gasteiger partial charge in [0, 0.05) is 38.8 Å². The molecule has 0 bridgehead atoms. The summed E-state index contributed by atoms with van der Waals surface area (Å²) in [5.74, 6) is 1.95. The molecule has 2 rings (SSSR count). The Morgan fingerprint density at radius 1 is 1.12 bits per heavy atom. The topological polar surface area (TPSA) is 42.9 Å². The second-order valence-corrected chi connectivity index (χ2v) is 7.88. The molecule has 146 valence electrons. The summed E-state index contributed by atoms with van der Waals surface area (Å²) in [6.45, 7) is 13.7. The van der Waals surface area contributed by atoms with Crippen LogP contribution in [0.1, 0.15) is 59.3 Å². The highest BCUT2D eigenvalue weighted by Gasteiger charge is 2.33. The van der Waals surface area contributed by atoms with Crippen molar-refractivity contribution in [2.24, 2.45) is 10.9 Å². The van der Waals surface area contributed by atoms with Gasteiger partial charge in [0.15, 0.2) is 5.96 Å². The Balaban J connectivity index is 1.58. The van der Waals surface area contributed by atoms with Crippen molar-refractivity contribution >= 4 is 5.96 Å². The van der Waals surface area contributed by atoms with Crippen LogP contribution in [0.25, 0.3) is 0 Å². The van der Waals surface area contributed by atoms with E-state index >= 15 is 0 Å². The average Bonchev–Trinajstić information content (AvgIpc) is 3.49. The van der Waals surface area contributed by atoms with E-state index in [9.17, 15) is 0 Å². The monoisotopic (exact) mass is 351 g/mol. The molecule has 25 heavy (non-hydrogen) atoms. The highest BCUT2D eigenvalue weighted by atomic mass is 15.2. The smallest absolute Gasteiger partial charge is 0.191 e. The van der Waals surface area contributed by atoms with Crippen LogP contribution in [0.2, 0.25) is 0 Å². The van der Waals surface area contributed by atoms with Gasteiger partial charge < -0.3 is 15.5 Å². The van der Waals surface area contributed by atoms with Crippen molar-refractivity contribution in [2.45, 2.75) is 71.4 Å². The summed E-state index contributed by atoms with van der Waals surface area (Å²) in [6, 6.07) is 1.34. The third-order valence-corrected chi connectivity index (χ3v) is 5.56. The first kappa shape index (κ1) is 20.5. The predicted octanol–water partition coefficient (Wildman–Crippen LogP) is 2.54. The third-order valence-electron chi connectivity index (χ3n) is 5.56. The van der Waals surface area contributed by atoms with E-state index in [2.05, 4.69) is 46.2 Å². The molecule has 1 atom stereocenters. The summed E-state index contributed by atoms with van der Waals surface area (Å²) < 4.78 is 0. The summed E-state index contributed by atoms with van der Waals surface area (Å²) >= 11 is 0. The highest BCUT2D eigenvalue weighted by Crippen LogP contribution is 2.34. The molecule has 0 aromatic carbocycles. The van der Waals surface area contributed by atoms with Crippen LogP contribution in [0.3, 0.4) is 0 Å². The summed E-state index contributed by atoms with van der Waals surface area (Å²) in [5.41, 5.74) is 0. The summed E-state index contributed by atoms with van der Waals surface area (Å²) in [6.07, 6.45) is 8.14. The quantitative estimate of drug-likeness (QED) is 0.395. The lowest BCUT2D eigenvalue weighted by Gasteiger charge is -2.24. The van der Waals surface area contributed by atoms with Crippen molar-refractivity contribution in [3.8, 4) is 0 Å². The minimum Gasteiger partial charge on any atom is -0.355 e. The van der Waals surface area contributed by atoms with Crippen LogP contribution in [0.15, 0.2) is 4.99 Å². The van der Waals surface area contributed by atoms with Crippen molar-refractivity contribution in [1.82, 2.24) is 20.4 Å². The first-order valence-electron chi connectivity index (χ1n) is 10.6. The van der Waals surface area contributed by atoms with Gasteiger partial charge in [-0.1, -0.05) is 13.8 Å². The van der Waals surface area contributed by atoms with Gasteiger partial charge in [0.1, 0.15) is 0 Å². The van der Waals surface area contributed by atoms with Crippen LogP contribution in [0.5, 0.6) is 0 Å². The Morgan fingerprint density at radius 3 is 2.40 bits per heavy atom. The number of hydrogen-bond acceptors (Lipinski definition) is 3. The maximum absolute atomic E-state index is 4.40. The standard InChI is InChI=1S/C20H41N5/c1-5-24(6-2)14-7-8-17(3)23-20(21-4)22-13-15-25(19-11-12-19)16-18-9-10-18/h17-19H,5-16H2,1-4H3,(H2,21,22,23). The van der Waals surface area contributed by atoms with E-state index < -0.39 is 0 Å². The fourth-order valence-electron chi connectivity index (χ4n) is 3.47. The lowest BCUT2D eigenvalue weighted by molar-refractivity contribution is 0.256. The number of nitrogens with zero attached hydrogens (tertiary/aromatic N) is 3. The van der Waals surface area contributed by atoms with Crippen LogP contribution >= 0.6 is 0 Å². The normalized spacial score (nSPS) is 19.5. The molecule has 2 N–H and O–H groups in total. The molecular formula is C20H41N5. The maximum Gasteiger partial charge on any atom is 0.191 e. The molecule has 0 heterocycles. The molecule has 0 saturated heterocycles. The molecule has 0 aromatic heterocycles. The van der Waals surface area contributed by atoms with Gasteiger partial charge >= 0.3 is 0 Å². The van der Waals surface area contributed by atoms with Crippen molar-refractivity contribution < 1.29 is 0 Å². The Morgan fingerprint density at radius 2 is 1.84 bits per heavy atom. The zero-order valence-corrected chi connectivity index (χ0v) is 17.1. The van der Waals surface area contributed by atoms with Crippen molar-refractivity contribution in [3.05, 3.63) is 0 Å². The van der Waals surface area contributed by atoms with E-state index in [0.717, 1.165) is 44.1 Å². The SMILES string of the molecule is CCN(CC)CCCC(C)NC(=NC)NCCN(CC1CC1)C1CC1. The fraction of sp³-hybridized carbons (Fsp3) is 0.950. The number of nitrogens with one attached hydrogen (secondary N) is 2. The molecule has 1 unspecified atom stereocenters. The summed E-state index contributed by atoms with van der Waals surface area (Å²) in [4.78, 5) is 9.59. The van der Waals surface area contributed by atoms with Crippen molar-refractivity contribution in [1.29, 1.82) is 0 Å². The van der Waals surface area contributed by atoms with E-state index in [-0.39, 0.29) is 0 Å². The van der Waals surface area contributed by atoms with E-state index in [4.69, 9.17) is 0 Å². The molecule has 5 heteroatoms. The van der Waals surface area contributed by atoms with Gasteiger partial charge in [-0.2, -0.15) is 0 Å². The minimum atomic E-state index is 0.466.